The number of allylic oxidation sites excluding steroid dienone is 7. The maximum Gasteiger partial charge on any atom is 0.276 e. The SMILES string of the molecule is CC=C(C1=CC2=C(CC1)CC(CC)CCC=C2)N1CCn2cc(C(=O)NO)cc2C1. The van der Waals surface area contributed by atoms with E-state index in [2.05, 4.69) is 47.6 Å². The Bertz CT molecular complexity index is 932. The van der Waals surface area contributed by atoms with Gasteiger partial charge in [0.25, 0.3) is 5.91 Å². The van der Waals surface area contributed by atoms with Crippen molar-refractivity contribution in [3.8, 4) is 0 Å². The molecule has 1 aromatic rings. The third kappa shape index (κ3) is 4.17. The standard InChI is InChI=1S/C25H33N3O2/c1-3-18-7-5-6-8-19-14-21(10-9-20(19)13-18)24(4-2)28-12-11-27-16-22(25(29)26-30)15-23(27)17-28/h4,6,8,14-16,18,30H,3,5,7,9-13,17H2,1-2H3,(H,26,29). The average molecular weight is 408 g/mol. The second-order valence-corrected chi connectivity index (χ2v) is 8.64. The second-order valence-electron chi connectivity index (χ2n) is 8.64. The van der Waals surface area contributed by atoms with Crippen molar-refractivity contribution in [2.75, 3.05) is 6.54 Å². The van der Waals surface area contributed by atoms with Crippen LogP contribution in [0.5, 0.6) is 0 Å². The van der Waals surface area contributed by atoms with Crippen LogP contribution in [0.3, 0.4) is 0 Å². The molecule has 30 heavy (non-hydrogen) atoms. The minimum Gasteiger partial charge on any atom is -0.364 e. The van der Waals surface area contributed by atoms with Crippen molar-refractivity contribution in [3.63, 3.8) is 0 Å². The summed E-state index contributed by atoms with van der Waals surface area (Å²) in [6, 6.07) is 1.88. The van der Waals surface area contributed by atoms with E-state index in [1.807, 2.05) is 12.3 Å². The topological polar surface area (TPSA) is 57.5 Å². The zero-order valence-electron chi connectivity index (χ0n) is 18.2. The lowest BCUT2D eigenvalue weighted by Crippen LogP contribution is -2.33. The molecule has 2 N–H and O–H groups in total. The van der Waals surface area contributed by atoms with Gasteiger partial charge in [-0.3, -0.25) is 10.0 Å². The van der Waals surface area contributed by atoms with Crippen molar-refractivity contribution in [3.05, 3.63) is 70.2 Å². The number of nitrogens with one attached hydrogen (secondary N) is 1. The van der Waals surface area contributed by atoms with Crippen LogP contribution in [0.4, 0.5) is 0 Å². The highest BCUT2D eigenvalue weighted by Crippen LogP contribution is 2.37. The lowest BCUT2D eigenvalue weighted by atomic mass is 9.81. The summed E-state index contributed by atoms with van der Waals surface area (Å²) in [5.41, 5.74) is 9.13. The molecule has 0 spiro atoms. The van der Waals surface area contributed by atoms with Crippen LogP contribution >= 0.6 is 0 Å². The van der Waals surface area contributed by atoms with Crippen molar-refractivity contribution < 1.29 is 10.0 Å². The number of carbonyl (C=O) groups is 1. The Labute approximate surface area is 179 Å². The van der Waals surface area contributed by atoms with Gasteiger partial charge in [0.2, 0.25) is 0 Å². The van der Waals surface area contributed by atoms with Crippen LogP contribution in [0, 0.1) is 5.92 Å². The molecule has 4 rings (SSSR count). The first-order valence-corrected chi connectivity index (χ1v) is 11.3. The third-order valence-electron chi connectivity index (χ3n) is 6.84. The smallest absolute Gasteiger partial charge is 0.276 e. The summed E-state index contributed by atoms with van der Waals surface area (Å²) in [6.45, 7) is 6.97. The number of rotatable bonds is 4. The van der Waals surface area contributed by atoms with Gasteiger partial charge in [0.05, 0.1) is 12.1 Å². The Hall–Kier alpha value is -2.53. The van der Waals surface area contributed by atoms with Crippen LogP contribution in [0.25, 0.3) is 0 Å². The van der Waals surface area contributed by atoms with Gasteiger partial charge in [-0.25, -0.2) is 5.48 Å². The molecule has 5 heteroatoms. The molecule has 2 heterocycles. The van der Waals surface area contributed by atoms with Crippen molar-refractivity contribution in [1.82, 2.24) is 14.9 Å². The lowest BCUT2D eigenvalue weighted by molar-refractivity contribution is 0.0706. The summed E-state index contributed by atoms with van der Waals surface area (Å²) in [4.78, 5) is 14.2. The number of hydrogen-bond acceptors (Lipinski definition) is 3. The summed E-state index contributed by atoms with van der Waals surface area (Å²) in [6.07, 6.45) is 18.4. The number of nitrogens with zero attached hydrogens (tertiary/aromatic N) is 2. The van der Waals surface area contributed by atoms with Crippen molar-refractivity contribution in [1.29, 1.82) is 0 Å². The highest BCUT2D eigenvalue weighted by molar-refractivity contribution is 5.93. The lowest BCUT2D eigenvalue weighted by Gasteiger charge is -2.35. The van der Waals surface area contributed by atoms with E-state index < -0.39 is 5.91 Å². The van der Waals surface area contributed by atoms with Gasteiger partial charge < -0.3 is 9.47 Å². The van der Waals surface area contributed by atoms with Crippen LogP contribution < -0.4 is 5.48 Å². The van der Waals surface area contributed by atoms with E-state index in [1.54, 1.807) is 11.1 Å². The fourth-order valence-corrected chi connectivity index (χ4v) is 5.08. The highest BCUT2D eigenvalue weighted by atomic mass is 16.5. The van der Waals surface area contributed by atoms with E-state index in [0.717, 1.165) is 44.1 Å². The number of carbonyl (C=O) groups excluding carboxylic acids is 1. The maximum atomic E-state index is 11.8. The summed E-state index contributed by atoms with van der Waals surface area (Å²) >= 11 is 0. The first-order chi connectivity index (χ1) is 14.6. The Morgan fingerprint density at radius 2 is 2.20 bits per heavy atom. The summed E-state index contributed by atoms with van der Waals surface area (Å²) in [5.74, 6) is 0.363. The first kappa shape index (κ1) is 20.7. The predicted molar refractivity (Wildman–Crippen MR) is 119 cm³/mol. The minimum atomic E-state index is -0.453. The van der Waals surface area contributed by atoms with Gasteiger partial charge in [0, 0.05) is 30.7 Å². The van der Waals surface area contributed by atoms with Gasteiger partial charge in [0.1, 0.15) is 0 Å². The summed E-state index contributed by atoms with van der Waals surface area (Å²) in [7, 11) is 0. The molecule has 1 aliphatic heterocycles. The van der Waals surface area contributed by atoms with E-state index in [9.17, 15) is 4.79 Å². The van der Waals surface area contributed by atoms with Crippen LogP contribution in [0.2, 0.25) is 0 Å². The zero-order valence-corrected chi connectivity index (χ0v) is 18.2. The number of hydrogen-bond donors (Lipinski definition) is 2. The number of hydroxylamine groups is 1. The Morgan fingerprint density at radius 1 is 1.33 bits per heavy atom. The molecule has 0 radical (unpaired) electrons. The first-order valence-electron chi connectivity index (χ1n) is 11.3. The van der Waals surface area contributed by atoms with Crippen molar-refractivity contribution in [2.45, 2.75) is 65.5 Å². The van der Waals surface area contributed by atoms with E-state index in [-0.39, 0.29) is 0 Å². The molecule has 0 bridgehead atoms. The van der Waals surface area contributed by atoms with Crippen LogP contribution in [0.15, 0.2) is 59.0 Å². The maximum absolute atomic E-state index is 11.8. The second kappa shape index (κ2) is 9.09. The monoisotopic (exact) mass is 407 g/mol. The molecule has 1 atom stereocenters. The largest absolute Gasteiger partial charge is 0.364 e. The van der Waals surface area contributed by atoms with Gasteiger partial charge in [0.15, 0.2) is 0 Å². The fourth-order valence-electron chi connectivity index (χ4n) is 5.08. The quantitative estimate of drug-likeness (QED) is 0.539. The summed E-state index contributed by atoms with van der Waals surface area (Å²) < 4.78 is 2.12. The molecule has 1 amide bonds. The number of amides is 1. The molecule has 0 saturated heterocycles. The van der Waals surface area contributed by atoms with E-state index in [1.165, 1.54) is 42.5 Å². The molecule has 3 aliphatic rings. The molecular formula is C25H33N3O2. The van der Waals surface area contributed by atoms with Crippen LogP contribution in [-0.2, 0) is 13.1 Å². The predicted octanol–water partition coefficient (Wildman–Crippen LogP) is 5.11. The van der Waals surface area contributed by atoms with Gasteiger partial charge in [-0.15, -0.1) is 0 Å². The van der Waals surface area contributed by atoms with Crippen LogP contribution in [0.1, 0.15) is 68.4 Å². The molecule has 1 unspecified atom stereocenters. The molecular weight excluding hydrogens is 374 g/mol. The normalized spacial score (nSPS) is 22.1. The average Bonchev–Trinajstić information content (AvgIpc) is 3.18. The van der Waals surface area contributed by atoms with Gasteiger partial charge in [-0.2, -0.15) is 0 Å². The number of aromatic nitrogens is 1. The highest BCUT2D eigenvalue weighted by Gasteiger charge is 2.24. The van der Waals surface area contributed by atoms with Gasteiger partial charge in [-0.1, -0.05) is 37.1 Å². The molecule has 0 aromatic carbocycles. The molecule has 5 nitrogen and oxygen atoms in total. The minimum absolute atomic E-state index is 0.453. The third-order valence-corrected chi connectivity index (χ3v) is 6.84. The zero-order chi connectivity index (χ0) is 21.1. The van der Waals surface area contributed by atoms with E-state index >= 15 is 0 Å². The molecule has 2 aliphatic carbocycles. The van der Waals surface area contributed by atoms with E-state index in [0.29, 0.717) is 5.56 Å². The van der Waals surface area contributed by atoms with Crippen molar-refractivity contribution >= 4 is 5.91 Å². The molecule has 1 aromatic heterocycles. The molecule has 160 valence electrons. The molecule has 0 fully saturated rings. The van der Waals surface area contributed by atoms with Crippen molar-refractivity contribution in [2.24, 2.45) is 5.92 Å². The molecule has 0 saturated carbocycles. The van der Waals surface area contributed by atoms with Gasteiger partial charge >= 0.3 is 0 Å². The fraction of sp³-hybridized carbons (Fsp3) is 0.480. The summed E-state index contributed by atoms with van der Waals surface area (Å²) in [5, 5.41) is 8.92. The Morgan fingerprint density at radius 3 is 2.97 bits per heavy atom. The Kier molecular flexibility index (Phi) is 6.28. The Balaban J connectivity index is 1.56. The van der Waals surface area contributed by atoms with Crippen LogP contribution in [-0.4, -0.2) is 27.1 Å². The number of fused-ring (bicyclic) bond motifs is 1. The van der Waals surface area contributed by atoms with Gasteiger partial charge in [-0.05, 0) is 68.2 Å². The van der Waals surface area contributed by atoms with E-state index in [4.69, 9.17) is 5.21 Å².